The minimum atomic E-state index is -0.441. The van der Waals surface area contributed by atoms with E-state index in [1.807, 2.05) is 6.07 Å². The standard InChI is InChI=1S/C12H16N2O3/c1-8-9(2)11(15)14(5-4-6-17-3)12(16)10(8)7-13/h15H,4-6H2,1-3H3. The van der Waals surface area contributed by atoms with Gasteiger partial charge in [-0.1, -0.05) is 0 Å². The fourth-order valence-corrected chi connectivity index (χ4v) is 1.66. The first-order chi connectivity index (χ1) is 8.04. The molecule has 0 aliphatic carbocycles. The molecule has 0 aliphatic heterocycles. The third-order valence-corrected chi connectivity index (χ3v) is 2.83. The molecule has 0 atom stereocenters. The van der Waals surface area contributed by atoms with E-state index >= 15 is 0 Å². The monoisotopic (exact) mass is 236 g/mol. The summed E-state index contributed by atoms with van der Waals surface area (Å²) in [5, 5.41) is 18.8. The Morgan fingerprint density at radius 3 is 2.59 bits per heavy atom. The number of rotatable bonds is 4. The average molecular weight is 236 g/mol. The molecule has 1 rings (SSSR count). The predicted octanol–water partition coefficient (Wildman–Crippen LogP) is 1.08. The van der Waals surface area contributed by atoms with E-state index in [1.54, 1.807) is 21.0 Å². The van der Waals surface area contributed by atoms with E-state index in [4.69, 9.17) is 10.00 Å². The number of hydrogen-bond donors (Lipinski definition) is 1. The molecule has 17 heavy (non-hydrogen) atoms. The third kappa shape index (κ3) is 2.48. The van der Waals surface area contributed by atoms with Crippen molar-refractivity contribution in [3.8, 4) is 11.9 Å². The van der Waals surface area contributed by atoms with Crippen LogP contribution in [0.2, 0.25) is 0 Å². The zero-order valence-corrected chi connectivity index (χ0v) is 10.3. The molecule has 1 aromatic heterocycles. The van der Waals surface area contributed by atoms with Gasteiger partial charge in [0.15, 0.2) is 5.88 Å². The van der Waals surface area contributed by atoms with Crippen molar-refractivity contribution in [3.63, 3.8) is 0 Å². The van der Waals surface area contributed by atoms with Crippen molar-refractivity contribution in [1.82, 2.24) is 4.57 Å². The highest BCUT2D eigenvalue weighted by molar-refractivity contribution is 5.44. The smallest absolute Gasteiger partial charge is 0.271 e. The second kappa shape index (κ2) is 5.51. The molecule has 1 N–H and O–H groups in total. The van der Waals surface area contributed by atoms with E-state index in [9.17, 15) is 9.90 Å². The first kappa shape index (κ1) is 13.3. The fourth-order valence-electron chi connectivity index (χ4n) is 1.66. The topological polar surface area (TPSA) is 75.2 Å². The molecule has 1 aromatic rings. The molecular formula is C12H16N2O3. The van der Waals surface area contributed by atoms with Gasteiger partial charge in [0.2, 0.25) is 0 Å². The van der Waals surface area contributed by atoms with Crippen LogP contribution in [-0.2, 0) is 11.3 Å². The molecule has 1 heterocycles. The van der Waals surface area contributed by atoms with E-state index in [0.717, 1.165) is 0 Å². The quantitative estimate of drug-likeness (QED) is 0.794. The molecule has 0 fully saturated rings. The highest BCUT2D eigenvalue weighted by atomic mass is 16.5. The molecule has 0 bridgehead atoms. The van der Waals surface area contributed by atoms with Gasteiger partial charge in [-0.05, 0) is 25.8 Å². The lowest BCUT2D eigenvalue weighted by molar-refractivity contribution is 0.188. The molecular weight excluding hydrogens is 220 g/mol. The molecule has 0 spiro atoms. The van der Waals surface area contributed by atoms with Gasteiger partial charge in [0.1, 0.15) is 11.6 Å². The Labute approximate surface area is 99.9 Å². The van der Waals surface area contributed by atoms with E-state index < -0.39 is 5.56 Å². The lowest BCUT2D eigenvalue weighted by Crippen LogP contribution is -2.25. The van der Waals surface area contributed by atoms with Crippen molar-refractivity contribution < 1.29 is 9.84 Å². The summed E-state index contributed by atoms with van der Waals surface area (Å²) in [5.41, 5.74) is 0.762. The maximum atomic E-state index is 11.9. The highest BCUT2D eigenvalue weighted by Gasteiger charge is 2.15. The lowest BCUT2D eigenvalue weighted by atomic mass is 10.1. The molecule has 5 nitrogen and oxygen atoms in total. The number of aromatic hydroxyl groups is 1. The summed E-state index contributed by atoms with van der Waals surface area (Å²) in [4.78, 5) is 11.9. The zero-order valence-electron chi connectivity index (χ0n) is 10.3. The molecule has 0 amide bonds. The van der Waals surface area contributed by atoms with Crippen LogP contribution < -0.4 is 5.56 Å². The Morgan fingerprint density at radius 1 is 1.41 bits per heavy atom. The summed E-state index contributed by atoms with van der Waals surface area (Å²) in [6, 6.07) is 1.89. The van der Waals surface area contributed by atoms with E-state index in [1.165, 1.54) is 4.57 Å². The Kier molecular flexibility index (Phi) is 4.30. The van der Waals surface area contributed by atoms with E-state index in [-0.39, 0.29) is 11.4 Å². The fraction of sp³-hybridized carbons (Fsp3) is 0.500. The molecule has 0 saturated carbocycles. The predicted molar refractivity (Wildman–Crippen MR) is 63.0 cm³/mol. The maximum Gasteiger partial charge on any atom is 0.271 e. The van der Waals surface area contributed by atoms with E-state index in [0.29, 0.717) is 30.7 Å². The van der Waals surface area contributed by atoms with Crippen LogP contribution in [0.1, 0.15) is 23.1 Å². The second-order valence-electron chi connectivity index (χ2n) is 3.86. The summed E-state index contributed by atoms with van der Waals surface area (Å²) in [6.45, 7) is 4.20. The lowest BCUT2D eigenvalue weighted by Gasteiger charge is -2.13. The van der Waals surface area contributed by atoms with Gasteiger partial charge in [-0.25, -0.2) is 0 Å². The SMILES string of the molecule is COCCCn1c(O)c(C)c(C)c(C#N)c1=O. The van der Waals surface area contributed by atoms with Gasteiger partial charge in [0.25, 0.3) is 5.56 Å². The first-order valence-corrected chi connectivity index (χ1v) is 5.36. The van der Waals surface area contributed by atoms with Gasteiger partial charge in [-0.3, -0.25) is 9.36 Å². The zero-order chi connectivity index (χ0) is 13.0. The molecule has 0 unspecified atom stereocenters. The summed E-state index contributed by atoms with van der Waals surface area (Å²) in [5.74, 6) is -0.0670. The number of methoxy groups -OCH3 is 1. The van der Waals surface area contributed by atoms with Crippen molar-refractivity contribution in [3.05, 3.63) is 27.0 Å². The van der Waals surface area contributed by atoms with Crippen molar-refractivity contribution in [2.75, 3.05) is 13.7 Å². The van der Waals surface area contributed by atoms with Crippen LogP contribution in [0.15, 0.2) is 4.79 Å². The number of hydrogen-bond acceptors (Lipinski definition) is 4. The number of aromatic nitrogens is 1. The van der Waals surface area contributed by atoms with Crippen LogP contribution in [0, 0.1) is 25.2 Å². The summed E-state index contributed by atoms with van der Waals surface area (Å²) < 4.78 is 6.11. The van der Waals surface area contributed by atoms with Crippen LogP contribution in [0.4, 0.5) is 0 Å². The van der Waals surface area contributed by atoms with E-state index in [2.05, 4.69) is 0 Å². The second-order valence-corrected chi connectivity index (χ2v) is 3.86. The average Bonchev–Trinajstić information content (AvgIpc) is 2.32. The van der Waals surface area contributed by atoms with Crippen LogP contribution in [-0.4, -0.2) is 23.4 Å². The molecule has 0 radical (unpaired) electrons. The van der Waals surface area contributed by atoms with Crippen LogP contribution >= 0.6 is 0 Å². The maximum absolute atomic E-state index is 11.9. The van der Waals surface area contributed by atoms with Crippen molar-refractivity contribution in [1.29, 1.82) is 5.26 Å². The van der Waals surface area contributed by atoms with Crippen LogP contribution in [0.3, 0.4) is 0 Å². The van der Waals surface area contributed by atoms with Gasteiger partial charge in [-0.15, -0.1) is 0 Å². The van der Waals surface area contributed by atoms with Gasteiger partial charge < -0.3 is 9.84 Å². The van der Waals surface area contributed by atoms with Crippen LogP contribution in [0.5, 0.6) is 5.88 Å². The molecule has 92 valence electrons. The van der Waals surface area contributed by atoms with Crippen molar-refractivity contribution in [2.45, 2.75) is 26.8 Å². The summed E-state index contributed by atoms with van der Waals surface area (Å²) in [7, 11) is 1.57. The van der Waals surface area contributed by atoms with Gasteiger partial charge in [0.05, 0.1) is 0 Å². The normalized spacial score (nSPS) is 10.2. The molecule has 0 aromatic carbocycles. The minimum absolute atomic E-state index is 0.0670. The van der Waals surface area contributed by atoms with Crippen molar-refractivity contribution >= 4 is 0 Å². The Bertz CT molecular complexity index is 512. The number of pyridine rings is 1. The Hall–Kier alpha value is -1.80. The molecule has 0 saturated heterocycles. The number of nitriles is 1. The summed E-state index contributed by atoms with van der Waals surface area (Å²) in [6.07, 6.45) is 0.608. The Balaban J connectivity index is 3.27. The largest absolute Gasteiger partial charge is 0.494 e. The first-order valence-electron chi connectivity index (χ1n) is 5.36. The minimum Gasteiger partial charge on any atom is -0.494 e. The number of ether oxygens (including phenoxy) is 1. The highest BCUT2D eigenvalue weighted by Crippen LogP contribution is 2.19. The van der Waals surface area contributed by atoms with Gasteiger partial charge >= 0.3 is 0 Å². The number of nitrogens with zero attached hydrogens (tertiary/aromatic N) is 2. The van der Waals surface area contributed by atoms with Gasteiger partial charge in [0, 0.05) is 25.8 Å². The van der Waals surface area contributed by atoms with Gasteiger partial charge in [-0.2, -0.15) is 5.26 Å². The van der Waals surface area contributed by atoms with Crippen LogP contribution in [0.25, 0.3) is 0 Å². The third-order valence-electron chi connectivity index (χ3n) is 2.83. The summed E-state index contributed by atoms with van der Waals surface area (Å²) >= 11 is 0. The molecule has 0 aliphatic rings. The Morgan fingerprint density at radius 2 is 2.06 bits per heavy atom. The molecule has 5 heteroatoms. The van der Waals surface area contributed by atoms with Crippen molar-refractivity contribution in [2.24, 2.45) is 0 Å².